The molecule has 0 saturated heterocycles. The van der Waals surface area contributed by atoms with E-state index < -0.39 is 8.07 Å². The van der Waals surface area contributed by atoms with Gasteiger partial charge in [-0.15, -0.1) is 0 Å². The predicted octanol–water partition coefficient (Wildman–Crippen LogP) is 5.87. The van der Waals surface area contributed by atoms with Gasteiger partial charge in [-0.2, -0.15) is 0 Å². The summed E-state index contributed by atoms with van der Waals surface area (Å²) < 4.78 is 0. The van der Waals surface area contributed by atoms with Crippen LogP contribution in [0.5, 0.6) is 0 Å². The maximum Gasteiger partial charge on any atom is 0.0727 e. The average Bonchev–Trinajstić information content (AvgIpc) is 2.28. The van der Waals surface area contributed by atoms with Crippen molar-refractivity contribution in [2.24, 2.45) is 0 Å². The molecule has 0 unspecified atom stereocenters. The van der Waals surface area contributed by atoms with Crippen LogP contribution in [-0.2, 0) is 0 Å². The summed E-state index contributed by atoms with van der Waals surface area (Å²) in [5.74, 6) is 0. The summed E-state index contributed by atoms with van der Waals surface area (Å²) in [7, 11) is -1.11. The molecule has 1 aliphatic rings. The van der Waals surface area contributed by atoms with Crippen LogP contribution in [0, 0.1) is 0 Å². The molecule has 1 aliphatic carbocycles. The van der Waals surface area contributed by atoms with E-state index in [0.29, 0.717) is 0 Å². The van der Waals surface area contributed by atoms with Gasteiger partial charge in [-0.05, 0) is 32.1 Å². The fourth-order valence-corrected chi connectivity index (χ4v) is 4.82. The molecule has 1 heteroatoms. The fraction of sp³-hybridized carbons (Fsp3) is 0.750. The highest BCUT2D eigenvalue weighted by atomic mass is 28.3. The summed E-state index contributed by atoms with van der Waals surface area (Å²) in [6.45, 7) is 9.83. The molecule has 1 rings (SSSR count). The summed E-state index contributed by atoms with van der Waals surface area (Å²) in [5, 5.41) is 1.85. The second-order valence-electron chi connectivity index (χ2n) is 6.36. The Morgan fingerprint density at radius 3 is 2.47 bits per heavy atom. The van der Waals surface area contributed by atoms with Gasteiger partial charge in [-0.3, -0.25) is 0 Å². The van der Waals surface area contributed by atoms with Crippen LogP contribution in [0.2, 0.25) is 19.6 Å². The quantitative estimate of drug-likeness (QED) is 0.408. The zero-order valence-corrected chi connectivity index (χ0v) is 13.3. The third-order valence-corrected chi connectivity index (χ3v) is 6.09. The predicted molar refractivity (Wildman–Crippen MR) is 82.1 cm³/mol. The molecule has 0 nitrogen and oxygen atoms in total. The highest BCUT2D eigenvalue weighted by Gasteiger charge is 2.22. The Balaban J connectivity index is 2.67. The molecule has 0 saturated carbocycles. The number of unbranched alkanes of at least 4 members (excludes halogenated alkanes) is 3. The monoisotopic (exact) mass is 250 g/mol. The van der Waals surface area contributed by atoms with Gasteiger partial charge in [0.1, 0.15) is 0 Å². The Morgan fingerprint density at radius 2 is 1.94 bits per heavy atom. The van der Waals surface area contributed by atoms with Gasteiger partial charge in [0.15, 0.2) is 0 Å². The molecular weight excluding hydrogens is 220 g/mol. The Kier molecular flexibility index (Phi) is 6.25. The van der Waals surface area contributed by atoms with Gasteiger partial charge in [0.25, 0.3) is 0 Å². The molecule has 0 aromatic carbocycles. The summed E-state index contributed by atoms with van der Waals surface area (Å²) in [6.07, 6.45) is 15.8. The van der Waals surface area contributed by atoms with Gasteiger partial charge in [-0.1, -0.05) is 68.7 Å². The topological polar surface area (TPSA) is 0 Å². The first-order chi connectivity index (χ1) is 8.05. The fourth-order valence-electron chi connectivity index (χ4n) is 2.72. The maximum atomic E-state index is 2.51. The lowest BCUT2D eigenvalue weighted by molar-refractivity contribution is 0.666. The van der Waals surface area contributed by atoms with E-state index in [9.17, 15) is 0 Å². The molecule has 0 N–H and O–H groups in total. The lowest BCUT2D eigenvalue weighted by Crippen LogP contribution is -2.26. The van der Waals surface area contributed by atoms with Crippen molar-refractivity contribution in [3.63, 3.8) is 0 Å². The third-order valence-electron chi connectivity index (χ3n) is 3.71. The van der Waals surface area contributed by atoms with Crippen LogP contribution in [0.25, 0.3) is 0 Å². The number of hydrogen-bond acceptors (Lipinski definition) is 0. The van der Waals surface area contributed by atoms with Crippen LogP contribution >= 0.6 is 0 Å². The van der Waals surface area contributed by atoms with Crippen LogP contribution in [-0.4, -0.2) is 8.07 Å². The molecule has 0 amide bonds. The first-order valence-electron chi connectivity index (χ1n) is 7.44. The van der Waals surface area contributed by atoms with Gasteiger partial charge in [0.05, 0.1) is 8.07 Å². The Labute approximate surface area is 109 Å². The van der Waals surface area contributed by atoms with Crippen LogP contribution in [0.4, 0.5) is 0 Å². The van der Waals surface area contributed by atoms with E-state index in [1.54, 1.807) is 5.57 Å². The van der Waals surface area contributed by atoms with Crippen LogP contribution in [0.15, 0.2) is 22.9 Å². The zero-order valence-electron chi connectivity index (χ0n) is 12.3. The van der Waals surface area contributed by atoms with Crippen molar-refractivity contribution in [1.29, 1.82) is 0 Å². The third kappa shape index (κ3) is 5.24. The van der Waals surface area contributed by atoms with Crippen molar-refractivity contribution < 1.29 is 0 Å². The second-order valence-corrected chi connectivity index (χ2v) is 11.5. The minimum absolute atomic E-state index is 1.11. The number of rotatable bonds is 6. The molecule has 0 heterocycles. The van der Waals surface area contributed by atoms with Crippen molar-refractivity contribution in [1.82, 2.24) is 0 Å². The lowest BCUT2D eigenvalue weighted by Gasteiger charge is -2.26. The van der Waals surface area contributed by atoms with Crippen LogP contribution < -0.4 is 0 Å². The molecule has 0 aliphatic heterocycles. The van der Waals surface area contributed by atoms with Crippen molar-refractivity contribution in [2.45, 2.75) is 77.9 Å². The van der Waals surface area contributed by atoms with Gasteiger partial charge < -0.3 is 0 Å². The zero-order chi connectivity index (χ0) is 12.7. The maximum absolute atomic E-state index is 2.51. The van der Waals surface area contributed by atoms with Gasteiger partial charge in [0.2, 0.25) is 0 Å². The van der Waals surface area contributed by atoms with E-state index in [-0.39, 0.29) is 0 Å². The standard InChI is InChI=1S/C16H30Si/c1-5-6-7-11-14-16(17(2,3)4)15-12-9-8-10-13-15/h9,12H,5-8,10-11,13-14H2,1-4H3/b16-15-. The highest BCUT2D eigenvalue weighted by molar-refractivity contribution is 6.83. The van der Waals surface area contributed by atoms with Gasteiger partial charge in [-0.25, -0.2) is 0 Å². The van der Waals surface area contributed by atoms with Crippen molar-refractivity contribution in [3.8, 4) is 0 Å². The second kappa shape index (κ2) is 7.20. The Morgan fingerprint density at radius 1 is 1.18 bits per heavy atom. The summed E-state index contributed by atoms with van der Waals surface area (Å²) >= 11 is 0. The molecule has 0 aromatic rings. The molecule has 17 heavy (non-hydrogen) atoms. The van der Waals surface area contributed by atoms with Crippen molar-refractivity contribution in [2.75, 3.05) is 0 Å². The van der Waals surface area contributed by atoms with E-state index in [1.807, 2.05) is 5.20 Å². The largest absolute Gasteiger partial charge is 0.0843 e. The number of allylic oxidation sites excluding steroid dienone is 4. The lowest BCUT2D eigenvalue weighted by atomic mass is 10.00. The summed E-state index contributed by atoms with van der Waals surface area (Å²) in [5.41, 5.74) is 1.70. The Hall–Kier alpha value is -0.303. The van der Waals surface area contributed by atoms with Crippen LogP contribution in [0.3, 0.4) is 0 Å². The van der Waals surface area contributed by atoms with E-state index in [0.717, 1.165) is 0 Å². The molecular formula is C16H30Si. The molecule has 98 valence electrons. The van der Waals surface area contributed by atoms with Gasteiger partial charge >= 0.3 is 0 Å². The molecule has 0 aromatic heterocycles. The van der Waals surface area contributed by atoms with E-state index in [2.05, 4.69) is 38.7 Å². The van der Waals surface area contributed by atoms with E-state index in [1.165, 1.54) is 51.4 Å². The Bertz CT molecular complexity index is 278. The average molecular weight is 251 g/mol. The first-order valence-corrected chi connectivity index (χ1v) is 10.9. The van der Waals surface area contributed by atoms with E-state index >= 15 is 0 Å². The molecule has 0 atom stereocenters. The number of hydrogen-bond donors (Lipinski definition) is 0. The van der Waals surface area contributed by atoms with Crippen molar-refractivity contribution >= 4 is 8.07 Å². The van der Waals surface area contributed by atoms with Gasteiger partial charge in [0, 0.05) is 0 Å². The minimum atomic E-state index is -1.11. The highest BCUT2D eigenvalue weighted by Crippen LogP contribution is 2.30. The van der Waals surface area contributed by atoms with Crippen LogP contribution in [0.1, 0.15) is 58.3 Å². The minimum Gasteiger partial charge on any atom is -0.0843 e. The first kappa shape index (κ1) is 14.8. The van der Waals surface area contributed by atoms with Crippen molar-refractivity contribution in [3.05, 3.63) is 22.9 Å². The smallest absolute Gasteiger partial charge is 0.0727 e. The molecule has 0 bridgehead atoms. The summed E-state index contributed by atoms with van der Waals surface area (Å²) in [6, 6.07) is 0. The summed E-state index contributed by atoms with van der Waals surface area (Å²) in [4.78, 5) is 0. The SMILES string of the molecule is CCCCCC/C(=C1\C=CCCC1)[Si](C)(C)C. The molecule has 0 fully saturated rings. The molecule has 0 radical (unpaired) electrons. The van der Waals surface area contributed by atoms with E-state index in [4.69, 9.17) is 0 Å². The normalized spacial score (nSPS) is 19.5. The molecule has 0 spiro atoms.